The number of amides is 1. The van der Waals surface area contributed by atoms with Crippen LogP contribution in [0.3, 0.4) is 0 Å². The van der Waals surface area contributed by atoms with Crippen molar-refractivity contribution in [2.24, 2.45) is 0 Å². The first-order valence-electron chi connectivity index (χ1n) is 7.17. The van der Waals surface area contributed by atoms with E-state index in [1.54, 1.807) is 0 Å². The molecule has 4 heteroatoms. The van der Waals surface area contributed by atoms with Gasteiger partial charge in [0.1, 0.15) is 12.3 Å². The van der Waals surface area contributed by atoms with Crippen molar-refractivity contribution in [1.82, 2.24) is 0 Å². The van der Waals surface area contributed by atoms with E-state index in [-0.39, 0.29) is 5.91 Å². The molecule has 21 heavy (non-hydrogen) atoms. The van der Waals surface area contributed by atoms with E-state index in [9.17, 15) is 4.79 Å². The average molecular weight is 287 g/mol. The van der Waals surface area contributed by atoms with Crippen molar-refractivity contribution in [2.45, 2.75) is 27.3 Å². The minimum absolute atomic E-state index is 0.0146. The number of rotatable bonds is 5. The Balaban J connectivity index is 1.88. The molecule has 0 saturated carbocycles. The SMILES string of the molecule is Cc1cc(C)cc(NC(=O)C[NH+](C)Cc2ccc(C)o2)c1. The van der Waals surface area contributed by atoms with Crippen LogP contribution in [0, 0.1) is 20.8 Å². The molecule has 4 nitrogen and oxygen atoms in total. The van der Waals surface area contributed by atoms with Crippen LogP contribution in [0.5, 0.6) is 0 Å². The molecule has 0 radical (unpaired) electrons. The van der Waals surface area contributed by atoms with E-state index in [0.29, 0.717) is 13.1 Å². The summed E-state index contributed by atoms with van der Waals surface area (Å²) in [5.41, 5.74) is 3.16. The summed E-state index contributed by atoms with van der Waals surface area (Å²) < 4.78 is 5.53. The summed E-state index contributed by atoms with van der Waals surface area (Å²) in [5.74, 6) is 1.82. The molecule has 0 bridgehead atoms. The van der Waals surface area contributed by atoms with Gasteiger partial charge >= 0.3 is 0 Å². The molecular formula is C17H23N2O2+. The minimum Gasteiger partial charge on any atom is -0.460 e. The summed E-state index contributed by atoms with van der Waals surface area (Å²) in [6, 6.07) is 9.96. The molecule has 2 N–H and O–H groups in total. The van der Waals surface area contributed by atoms with Gasteiger partial charge in [-0.05, 0) is 56.2 Å². The normalized spacial score (nSPS) is 12.2. The summed E-state index contributed by atoms with van der Waals surface area (Å²) in [4.78, 5) is 13.2. The first kappa shape index (κ1) is 15.3. The van der Waals surface area contributed by atoms with Crippen molar-refractivity contribution >= 4 is 11.6 Å². The van der Waals surface area contributed by atoms with Crippen molar-refractivity contribution in [3.05, 3.63) is 53.0 Å². The van der Waals surface area contributed by atoms with Crippen molar-refractivity contribution in [3.8, 4) is 0 Å². The molecule has 112 valence electrons. The maximum absolute atomic E-state index is 12.1. The molecular weight excluding hydrogens is 264 g/mol. The number of carbonyl (C=O) groups excluding carboxylic acids is 1. The molecule has 1 aromatic carbocycles. The standard InChI is InChI=1S/C17H22N2O2/c1-12-7-13(2)9-15(8-12)18-17(20)11-19(4)10-16-6-5-14(3)21-16/h5-9H,10-11H2,1-4H3,(H,18,20)/p+1. The second-order valence-electron chi connectivity index (χ2n) is 5.75. The third-order valence-electron chi connectivity index (χ3n) is 3.24. The number of hydrogen-bond donors (Lipinski definition) is 2. The van der Waals surface area contributed by atoms with Crippen molar-refractivity contribution in [2.75, 3.05) is 18.9 Å². The van der Waals surface area contributed by atoms with Crippen LogP contribution in [0.25, 0.3) is 0 Å². The van der Waals surface area contributed by atoms with Crippen molar-refractivity contribution in [3.63, 3.8) is 0 Å². The Morgan fingerprint density at radius 2 is 1.81 bits per heavy atom. The fourth-order valence-electron chi connectivity index (χ4n) is 2.47. The third kappa shape index (κ3) is 4.76. The largest absolute Gasteiger partial charge is 0.460 e. The molecule has 1 aromatic heterocycles. The van der Waals surface area contributed by atoms with Crippen LogP contribution >= 0.6 is 0 Å². The second-order valence-corrected chi connectivity index (χ2v) is 5.75. The fraction of sp³-hybridized carbons (Fsp3) is 0.353. The fourth-order valence-corrected chi connectivity index (χ4v) is 2.47. The maximum Gasteiger partial charge on any atom is 0.279 e. The molecule has 0 aliphatic rings. The van der Waals surface area contributed by atoms with E-state index in [1.165, 1.54) is 0 Å². The number of furan rings is 1. The number of aryl methyl sites for hydroxylation is 3. The van der Waals surface area contributed by atoms with Gasteiger partial charge in [0.05, 0.1) is 7.05 Å². The van der Waals surface area contributed by atoms with Gasteiger partial charge in [0.2, 0.25) is 0 Å². The summed E-state index contributed by atoms with van der Waals surface area (Å²) >= 11 is 0. The second kappa shape index (κ2) is 6.59. The molecule has 0 aliphatic heterocycles. The van der Waals surface area contributed by atoms with Gasteiger partial charge in [-0.2, -0.15) is 0 Å². The highest BCUT2D eigenvalue weighted by Crippen LogP contribution is 2.13. The van der Waals surface area contributed by atoms with Gasteiger partial charge in [-0.25, -0.2) is 0 Å². The predicted octanol–water partition coefficient (Wildman–Crippen LogP) is 1.86. The molecule has 1 unspecified atom stereocenters. The third-order valence-corrected chi connectivity index (χ3v) is 3.24. The molecule has 1 amide bonds. The van der Waals surface area contributed by atoms with Crippen LogP contribution in [-0.4, -0.2) is 19.5 Å². The van der Waals surface area contributed by atoms with Crippen molar-refractivity contribution in [1.29, 1.82) is 0 Å². The minimum atomic E-state index is 0.0146. The van der Waals surface area contributed by atoms with Crippen LogP contribution < -0.4 is 10.2 Å². The Bertz CT molecular complexity index is 611. The van der Waals surface area contributed by atoms with E-state index < -0.39 is 0 Å². The number of benzene rings is 1. The highest BCUT2D eigenvalue weighted by molar-refractivity contribution is 5.91. The lowest BCUT2D eigenvalue weighted by Crippen LogP contribution is -3.08. The number of hydrogen-bond acceptors (Lipinski definition) is 2. The maximum atomic E-state index is 12.1. The van der Waals surface area contributed by atoms with Gasteiger partial charge in [-0.3, -0.25) is 4.79 Å². The van der Waals surface area contributed by atoms with Gasteiger partial charge in [0.25, 0.3) is 5.91 Å². The number of quaternary nitrogens is 1. The highest BCUT2D eigenvalue weighted by atomic mass is 16.3. The molecule has 1 heterocycles. The average Bonchev–Trinajstić information content (AvgIpc) is 2.72. The monoisotopic (exact) mass is 287 g/mol. The zero-order valence-corrected chi connectivity index (χ0v) is 13.1. The van der Waals surface area contributed by atoms with Crippen LogP contribution in [0.4, 0.5) is 5.69 Å². The Morgan fingerprint density at radius 1 is 1.14 bits per heavy atom. The summed E-state index contributed by atoms with van der Waals surface area (Å²) in [7, 11) is 1.99. The van der Waals surface area contributed by atoms with Crippen LogP contribution in [-0.2, 0) is 11.3 Å². The predicted molar refractivity (Wildman–Crippen MR) is 83.4 cm³/mol. The number of anilines is 1. The van der Waals surface area contributed by atoms with E-state index in [1.807, 2.05) is 52.1 Å². The van der Waals surface area contributed by atoms with Crippen LogP contribution in [0.15, 0.2) is 34.7 Å². The molecule has 0 spiro atoms. The van der Waals surface area contributed by atoms with Gasteiger partial charge in [0, 0.05) is 5.69 Å². The van der Waals surface area contributed by atoms with E-state index in [2.05, 4.69) is 11.4 Å². The van der Waals surface area contributed by atoms with Crippen LogP contribution in [0.1, 0.15) is 22.6 Å². The van der Waals surface area contributed by atoms with E-state index in [0.717, 1.165) is 33.2 Å². The molecule has 0 aliphatic carbocycles. The van der Waals surface area contributed by atoms with Gasteiger partial charge in [-0.15, -0.1) is 0 Å². The van der Waals surface area contributed by atoms with Gasteiger partial charge in [0.15, 0.2) is 12.3 Å². The quantitative estimate of drug-likeness (QED) is 0.882. The Kier molecular flexibility index (Phi) is 4.81. The number of carbonyl (C=O) groups is 1. The molecule has 2 rings (SSSR count). The highest BCUT2D eigenvalue weighted by Gasteiger charge is 2.12. The Morgan fingerprint density at radius 3 is 2.38 bits per heavy atom. The Labute approximate surface area is 125 Å². The molecule has 0 fully saturated rings. The summed E-state index contributed by atoms with van der Waals surface area (Å²) in [6.45, 7) is 7.09. The summed E-state index contributed by atoms with van der Waals surface area (Å²) in [6.07, 6.45) is 0. The zero-order valence-electron chi connectivity index (χ0n) is 13.1. The molecule has 1 atom stereocenters. The summed E-state index contributed by atoms with van der Waals surface area (Å²) in [5, 5.41) is 2.96. The lowest BCUT2D eigenvalue weighted by atomic mass is 10.1. The zero-order chi connectivity index (χ0) is 15.4. The Hall–Kier alpha value is -2.07. The van der Waals surface area contributed by atoms with E-state index in [4.69, 9.17) is 4.42 Å². The number of nitrogens with one attached hydrogen (secondary N) is 2. The van der Waals surface area contributed by atoms with Crippen LogP contribution in [0.2, 0.25) is 0 Å². The van der Waals surface area contributed by atoms with Gasteiger partial charge in [-0.1, -0.05) is 6.07 Å². The first-order valence-corrected chi connectivity index (χ1v) is 7.17. The smallest absolute Gasteiger partial charge is 0.279 e. The lowest BCUT2D eigenvalue weighted by molar-refractivity contribution is -0.886. The first-order chi connectivity index (χ1) is 9.92. The molecule has 0 saturated heterocycles. The van der Waals surface area contributed by atoms with E-state index >= 15 is 0 Å². The van der Waals surface area contributed by atoms with Gasteiger partial charge < -0.3 is 14.6 Å². The topological polar surface area (TPSA) is 46.7 Å². The lowest BCUT2D eigenvalue weighted by Gasteiger charge is -2.13. The van der Waals surface area contributed by atoms with Crippen molar-refractivity contribution < 1.29 is 14.1 Å². The number of likely N-dealkylation sites (N-methyl/N-ethyl adjacent to an activating group) is 1. The molecule has 2 aromatic rings.